The molecule has 0 spiro atoms. The van der Waals surface area contributed by atoms with Gasteiger partial charge in [-0.25, -0.2) is 0 Å². The van der Waals surface area contributed by atoms with Gasteiger partial charge in [0.05, 0.1) is 19.8 Å². The summed E-state index contributed by atoms with van der Waals surface area (Å²) < 4.78 is 15.9. The van der Waals surface area contributed by atoms with E-state index in [-0.39, 0.29) is 0 Å². The molecule has 0 atom stereocenters. The highest BCUT2D eigenvalue weighted by molar-refractivity contribution is 5.20. The third kappa shape index (κ3) is 2.72. The molecule has 1 aromatic carbocycles. The smallest absolute Gasteiger partial charge is 0.146 e. The second-order valence-electron chi connectivity index (χ2n) is 3.35. The molecule has 0 radical (unpaired) electrons. The highest BCUT2D eigenvalue weighted by atomic mass is 16.7. The van der Waals surface area contributed by atoms with Crippen LogP contribution in [0.3, 0.4) is 0 Å². The zero-order valence-corrected chi connectivity index (χ0v) is 8.02. The van der Waals surface area contributed by atoms with Gasteiger partial charge in [-0.3, -0.25) is 0 Å². The van der Waals surface area contributed by atoms with Gasteiger partial charge in [-0.05, 0) is 12.1 Å². The largest absolute Gasteiger partial charge is 0.493 e. The molecule has 0 amide bonds. The Morgan fingerprint density at radius 1 is 1.14 bits per heavy atom. The maximum atomic E-state index is 5.59. The second-order valence-corrected chi connectivity index (χ2v) is 3.35. The van der Waals surface area contributed by atoms with Crippen LogP contribution < -0.4 is 4.74 Å². The Hall–Kier alpha value is -1.06. The van der Waals surface area contributed by atoms with E-state index < -0.39 is 0 Å². The molecule has 3 heteroatoms. The molecule has 1 aromatic rings. The van der Waals surface area contributed by atoms with Crippen LogP contribution in [0.2, 0.25) is 0 Å². The van der Waals surface area contributed by atoms with Gasteiger partial charge in [0.25, 0.3) is 0 Å². The van der Waals surface area contributed by atoms with Crippen molar-refractivity contribution in [2.24, 2.45) is 5.92 Å². The van der Waals surface area contributed by atoms with Crippen LogP contribution in [0.25, 0.3) is 0 Å². The van der Waals surface area contributed by atoms with Crippen LogP contribution in [-0.2, 0) is 9.47 Å². The number of rotatable bonds is 3. The minimum atomic E-state index is 0.351. The molecule has 1 fully saturated rings. The molecule has 14 heavy (non-hydrogen) atoms. The Balaban J connectivity index is 1.76. The monoisotopic (exact) mass is 194 g/mol. The molecular formula is C11H14O3. The number of hydrogen-bond donors (Lipinski definition) is 0. The molecule has 1 aliphatic rings. The topological polar surface area (TPSA) is 27.7 Å². The number of para-hydroxylation sites is 1. The van der Waals surface area contributed by atoms with Crippen LogP contribution in [0.5, 0.6) is 5.75 Å². The lowest BCUT2D eigenvalue weighted by molar-refractivity contribution is -0.131. The Kier molecular flexibility index (Phi) is 3.38. The maximum absolute atomic E-state index is 5.59. The molecule has 76 valence electrons. The van der Waals surface area contributed by atoms with Gasteiger partial charge in [0.15, 0.2) is 0 Å². The lowest BCUT2D eigenvalue weighted by atomic mass is 10.2. The summed E-state index contributed by atoms with van der Waals surface area (Å²) in [5.41, 5.74) is 0. The zero-order valence-electron chi connectivity index (χ0n) is 8.02. The van der Waals surface area contributed by atoms with Crippen LogP contribution in [-0.4, -0.2) is 26.6 Å². The molecule has 1 saturated heterocycles. The van der Waals surface area contributed by atoms with E-state index in [0.29, 0.717) is 19.3 Å². The summed E-state index contributed by atoms with van der Waals surface area (Å²) in [4.78, 5) is 0. The average Bonchev–Trinajstić information content (AvgIpc) is 2.29. The molecular weight excluding hydrogens is 180 g/mol. The Morgan fingerprint density at radius 2 is 1.86 bits per heavy atom. The fraction of sp³-hybridized carbons (Fsp3) is 0.455. The molecule has 0 saturated carbocycles. The van der Waals surface area contributed by atoms with Crippen LogP contribution in [0.1, 0.15) is 0 Å². The number of hydrogen-bond acceptors (Lipinski definition) is 3. The predicted octanol–water partition coefficient (Wildman–Crippen LogP) is 1.69. The maximum Gasteiger partial charge on any atom is 0.146 e. The Bertz CT molecular complexity index is 254. The van der Waals surface area contributed by atoms with Crippen LogP contribution in [0, 0.1) is 5.92 Å². The van der Waals surface area contributed by atoms with Crippen LogP contribution in [0.15, 0.2) is 30.3 Å². The van der Waals surface area contributed by atoms with Gasteiger partial charge >= 0.3 is 0 Å². The number of ether oxygens (including phenoxy) is 3. The molecule has 0 bridgehead atoms. The highest BCUT2D eigenvalue weighted by Gasteiger charge is 2.14. The molecule has 1 heterocycles. The van der Waals surface area contributed by atoms with E-state index in [9.17, 15) is 0 Å². The fourth-order valence-electron chi connectivity index (χ4n) is 1.36. The fourth-order valence-corrected chi connectivity index (χ4v) is 1.36. The second kappa shape index (κ2) is 4.98. The van der Waals surface area contributed by atoms with Gasteiger partial charge in [-0.1, -0.05) is 18.2 Å². The lowest BCUT2D eigenvalue weighted by Crippen LogP contribution is -2.28. The van der Waals surface area contributed by atoms with E-state index in [1.165, 1.54) is 0 Å². The standard InChI is InChI=1S/C11H14O3/c1-2-4-11(5-3-1)14-8-10-6-12-9-13-7-10/h1-5,10H,6-9H2. The van der Waals surface area contributed by atoms with Gasteiger partial charge in [-0.2, -0.15) is 0 Å². The molecule has 2 rings (SSSR count). The first-order chi connectivity index (χ1) is 6.95. The van der Waals surface area contributed by atoms with Gasteiger partial charge in [-0.15, -0.1) is 0 Å². The highest BCUT2D eigenvalue weighted by Crippen LogP contribution is 2.12. The summed E-state index contributed by atoms with van der Waals surface area (Å²) in [6.07, 6.45) is 0. The first-order valence-electron chi connectivity index (χ1n) is 4.78. The normalized spacial score (nSPS) is 18.0. The van der Waals surface area contributed by atoms with Gasteiger partial charge in [0, 0.05) is 5.92 Å². The van der Waals surface area contributed by atoms with E-state index in [2.05, 4.69) is 0 Å². The minimum absolute atomic E-state index is 0.351. The van der Waals surface area contributed by atoms with Gasteiger partial charge in [0.1, 0.15) is 12.5 Å². The lowest BCUT2D eigenvalue weighted by Gasteiger charge is -2.22. The van der Waals surface area contributed by atoms with Crippen LogP contribution >= 0.6 is 0 Å². The average molecular weight is 194 g/mol. The van der Waals surface area contributed by atoms with Crippen molar-refractivity contribution in [2.75, 3.05) is 26.6 Å². The van der Waals surface area contributed by atoms with Crippen molar-refractivity contribution in [3.05, 3.63) is 30.3 Å². The third-order valence-corrected chi connectivity index (χ3v) is 2.10. The van der Waals surface area contributed by atoms with Crippen molar-refractivity contribution in [3.63, 3.8) is 0 Å². The van der Waals surface area contributed by atoms with Gasteiger partial charge < -0.3 is 14.2 Å². The predicted molar refractivity (Wildman–Crippen MR) is 52.2 cm³/mol. The summed E-state index contributed by atoms with van der Waals surface area (Å²) in [5.74, 6) is 1.25. The SMILES string of the molecule is c1ccc(OCC2COCOC2)cc1. The van der Waals surface area contributed by atoms with E-state index in [1.807, 2.05) is 30.3 Å². The number of benzene rings is 1. The van der Waals surface area contributed by atoms with Crippen molar-refractivity contribution in [1.82, 2.24) is 0 Å². The Morgan fingerprint density at radius 3 is 2.57 bits per heavy atom. The minimum Gasteiger partial charge on any atom is -0.493 e. The molecule has 1 aliphatic heterocycles. The van der Waals surface area contributed by atoms with E-state index in [4.69, 9.17) is 14.2 Å². The first-order valence-corrected chi connectivity index (χ1v) is 4.78. The first kappa shape index (κ1) is 9.49. The van der Waals surface area contributed by atoms with Crippen molar-refractivity contribution in [3.8, 4) is 5.75 Å². The van der Waals surface area contributed by atoms with E-state index in [1.54, 1.807) is 0 Å². The quantitative estimate of drug-likeness (QED) is 0.732. The molecule has 0 aliphatic carbocycles. The summed E-state index contributed by atoms with van der Waals surface area (Å²) in [6, 6.07) is 9.79. The molecule has 0 unspecified atom stereocenters. The summed E-state index contributed by atoms with van der Waals surface area (Å²) in [7, 11) is 0. The van der Waals surface area contributed by atoms with Crippen molar-refractivity contribution < 1.29 is 14.2 Å². The van der Waals surface area contributed by atoms with Crippen molar-refractivity contribution in [2.45, 2.75) is 0 Å². The van der Waals surface area contributed by atoms with E-state index >= 15 is 0 Å². The van der Waals surface area contributed by atoms with E-state index in [0.717, 1.165) is 19.0 Å². The van der Waals surface area contributed by atoms with Crippen molar-refractivity contribution >= 4 is 0 Å². The third-order valence-electron chi connectivity index (χ3n) is 2.10. The van der Waals surface area contributed by atoms with Gasteiger partial charge in [0.2, 0.25) is 0 Å². The summed E-state index contributed by atoms with van der Waals surface area (Å²) in [6.45, 7) is 2.53. The molecule has 0 aromatic heterocycles. The van der Waals surface area contributed by atoms with Crippen LogP contribution in [0.4, 0.5) is 0 Å². The Labute approximate surface area is 83.6 Å². The summed E-state index contributed by atoms with van der Waals surface area (Å²) in [5, 5.41) is 0. The summed E-state index contributed by atoms with van der Waals surface area (Å²) >= 11 is 0. The van der Waals surface area contributed by atoms with Crippen molar-refractivity contribution in [1.29, 1.82) is 0 Å². The molecule has 3 nitrogen and oxygen atoms in total. The molecule has 0 N–H and O–H groups in total. The zero-order chi connectivity index (χ0) is 9.64.